The molecular weight excluding hydrogens is 480 g/mol. The maximum Gasteiger partial charge on any atom is 0.326 e. The van der Waals surface area contributed by atoms with Gasteiger partial charge in [0.2, 0.25) is 11.8 Å². The van der Waals surface area contributed by atoms with Crippen LogP contribution in [-0.4, -0.2) is 55.8 Å². The lowest BCUT2D eigenvalue weighted by atomic mass is 10.0. The zero-order chi connectivity index (χ0) is 24.8. The van der Waals surface area contributed by atoms with Gasteiger partial charge < -0.3 is 20.4 Å². The summed E-state index contributed by atoms with van der Waals surface area (Å²) in [6, 6.07) is 11.7. The van der Waals surface area contributed by atoms with Crippen LogP contribution >= 0.6 is 23.4 Å². The van der Waals surface area contributed by atoms with Crippen molar-refractivity contribution in [3.63, 3.8) is 0 Å². The van der Waals surface area contributed by atoms with Crippen molar-refractivity contribution in [2.75, 3.05) is 6.54 Å². The van der Waals surface area contributed by atoms with Crippen LogP contribution in [0.1, 0.15) is 36.9 Å². The summed E-state index contributed by atoms with van der Waals surface area (Å²) >= 11 is 6.76. The third-order valence-electron chi connectivity index (χ3n) is 5.60. The Morgan fingerprint density at radius 1 is 1.12 bits per heavy atom. The smallest absolute Gasteiger partial charge is 0.326 e. The Hall–Kier alpha value is -3.04. The molecule has 1 aliphatic rings. The molecule has 0 spiro atoms. The van der Waals surface area contributed by atoms with Crippen molar-refractivity contribution >= 4 is 46.3 Å². The number of nitrogens with zero attached hydrogens (tertiary/aromatic N) is 1. The van der Waals surface area contributed by atoms with E-state index in [1.807, 2.05) is 0 Å². The van der Waals surface area contributed by atoms with E-state index in [4.69, 9.17) is 11.6 Å². The number of rotatable bonds is 8. The summed E-state index contributed by atoms with van der Waals surface area (Å²) in [5, 5.41) is 21.9. The van der Waals surface area contributed by atoms with Crippen LogP contribution in [0.5, 0.6) is 5.75 Å². The first-order valence-electron chi connectivity index (χ1n) is 10.7. The molecule has 3 atom stereocenters. The number of halogens is 1. The molecule has 1 aliphatic heterocycles. The third-order valence-corrected chi connectivity index (χ3v) is 6.85. The summed E-state index contributed by atoms with van der Waals surface area (Å²) in [6.07, 6.45) is 0.852. The number of amides is 2. The molecule has 0 saturated carbocycles. The van der Waals surface area contributed by atoms with Crippen LogP contribution in [0, 0.1) is 0 Å². The summed E-state index contributed by atoms with van der Waals surface area (Å²) < 4.78 is 0. The van der Waals surface area contributed by atoms with Gasteiger partial charge in [-0.3, -0.25) is 14.4 Å². The van der Waals surface area contributed by atoms with Gasteiger partial charge in [0.05, 0.1) is 17.8 Å². The normalized spacial score (nSPS) is 18.4. The molecule has 3 rings (SSSR count). The molecule has 2 aromatic carbocycles. The predicted octanol–water partition coefficient (Wildman–Crippen LogP) is 3.17. The van der Waals surface area contributed by atoms with Crippen molar-refractivity contribution < 1.29 is 29.4 Å². The van der Waals surface area contributed by atoms with Gasteiger partial charge >= 0.3 is 5.97 Å². The van der Waals surface area contributed by atoms with Crippen LogP contribution in [0.4, 0.5) is 0 Å². The number of carboxylic acid groups (broad SMARTS) is 1. The molecule has 10 heteroatoms. The van der Waals surface area contributed by atoms with E-state index in [1.54, 1.807) is 42.5 Å². The van der Waals surface area contributed by atoms with Gasteiger partial charge in [-0.2, -0.15) is 0 Å². The number of hydrogen-bond acceptors (Lipinski definition) is 6. The number of carboxylic acids is 1. The SMILES string of the molecule is CC(=O)SC(Cc1ccc(Cl)cc1)C(=O)NCC(=O)N1C(c2ccccc2O)CC[C@H]1C(=O)O. The van der Waals surface area contributed by atoms with E-state index in [0.29, 0.717) is 17.0 Å². The lowest BCUT2D eigenvalue weighted by molar-refractivity contribution is -0.149. The quantitative estimate of drug-likeness (QED) is 0.504. The Bertz CT molecular complexity index is 1080. The highest BCUT2D eigenvalue weighted by molar-refractivity contribution is 8.14. The molecule has 3 N–H and O–H groups in total. The van der Waals surface area contributed by atoms with Gasteiger partial charge in [0.15, 0.2) is 5.12 Å². The minimum atomic E-state index is -1.15. The van der Waals surface area contributed by atoms with Crippen LogP contribution in [0.2, 0.25) is 5.02 Å². The number of carbonyl (C=O) groups is 4. The number of thioether (sulfide) groups is 1. The van der Waals surface area contributed by atoms with E-state index in [2.05, 4.69) is 5.32 Å². The lowest BCUT2D eigenvalue weighted by Crippen LogP contribution is -2.47. The highest BCUT2D eigenvalue weighted by Crippen LogP contribution is 2.39. The zero-order valence-electron chi connectivity index (χ0n) is 18.4. The van der Waals surface area contributed by atoms with Crippen LogP contribution in [0.15, 0.2) is 48.5 Å². The topological polar surface area (TPSA) is 124 Å². The van der Waals surface area contributed by atoms with Gasteiger partial charge in [0.25, 0.3) is 0 Å². The van der Waals surface area contributed by atoms with Crippen molar-refractivity contribution in [2.45, 2.75) is 43.5 Å². The van der Waals surface area contributed by atoms with E-state index in [-0.39, 0.29) is 23.7 Å². The summed E-state index contributed by atoms with van der Waals surface area (Å²) in [5.41, 5.74) is 1.26. The van der Waals surface area contributed by atoms with Gasteiger partial charge in [-0.05, 0) is 43.0 Å². The second-order valence-corrected chi connectivity index (χ2v) is 9.77. The van der Waals surface area contributed by atoms with E-state index in [1.165, 1.54) is 17.9 Å². The van der Waals surface area contributed by atoms with Crippen LogP contribution in [0.25, 0.3) is 0 Å². The molecular formula is C24H25ClN2O6S. The largest absolute Gasteiger partial charge is 0.508 e. The van der Waals surface area contributed by atoms with Gasteiger partial charge in [-0.1, -0.05) is 53.7 Å². The monoisotopic (exact) mass is 504 g/mol. The van der Waals surface area contributed by atoms with E-state index >= 15 is 0 Å². The Kier molecular flexibility index (Phi) is 8.57. The van der Waals surface area contributed by atoms with Crippen molar-refractivity contribution in [3.05, 3.63) is 64.7 Å². The minimum absolute atomic E-state index is 0.0266. The molecule has 0 radical (unpaired) electrons. The Morgan fingerprint density at radius 3 is 2.41 bits per heavy atom. The fourth-order valence-corrected chi connectivity index (χ4v) is 5.06. The van der Waals surface area contributed by atoms with Crippen molar-refractivity contribution in [2.24, 2.45) is 0 Å². The number of aliphatic carboxylic acids is 1. The average Bonchev–Trinajstić information content (AvgIpc) is 3.23. The minimum Gasteiger partial charge on any atom is -0.508 e. The number of hydrogen-bond donors (Lipinski definition) is 3. The number of aromatic hydroxyl groups is 1. The molecule has 34 heavy (non-hydrogen) atoms. The van der Waals surface area contributed by atoms with Gasteiger partial charge in [-0.15, -0.1) is 0 Å². The third kappa shape index (κ3) is 6.30. The van der Waals surface area contributed by atoms with E-state index in [9.17, 15) is 29.4 Å². The summed E-state index contributed by atoms with van der Waals surface area (Å²) in [5.74, 6) is -2.26. The number of para-hydroxylation sites is 1. The molecule has 0 aliphatic carbocycles. The molecule has 1 saturated heterocycles. The predicted molar refractivity (Wildman–Crippen MR) is 129 cm³/mol. The summed E-state index contributed by atoms with van der Waals surface area (Å²) in [4.78, 5) is 50.6. The highest BCUT2D eigenvalue weighted by Gasteiger charge is 2.42. The van der Waals surface area contributed by atoms with E-state index < -0.39 is 41.7 Å². The first-order valence-corrected chi connectivity index (χ1v) is 11.9. The fourth-order valence-electron chi connectivity index (χ4n) is 4.07. The first-order chi connectivity index (χ1) is 16.2. The fraction of sp³-hybridized carbons (Fsp3) is 0.333. The van der Waals surface area contributed by atoms with E-state index in [0.717, 1.165) is 17.3 Å². The second kappa shape index (κ2) is 11.4. The number of phenols is 1. The lowest BCUT2D eigenvalue weighted by Gasteiger charge is -2.29. The van der Waals surface area contributed by atoms with Crippen molar-refractivity contribution in [1.29, 1.82) is 0 Å². The Morgan fingerprint density at radius 2 is 1.79 bits per heavy atom. The van der Waals surface area contributed by atoms with Crippen LogP contribution < -0.4 is 5.32 Å². The first kappa shape index (κ1) is 25.6. The Balaban J connectivity index is 1.72. The molecule has 1 fully saturated rings. The number of phenolic OH excluding ortho intramolecular Hbond substituents is 1. The molecule has 8 nitrogen and oxygen atoms in total. The van der Waals surface area contributed by atoms with Crippen LogP contribution in [-0.2, 0) is 25.6 Å². The van der Waals surface area contributed by atoms with Crippen molar-refractivity contribution in [1.82, 2.24) is 10.2 Å². The maximum absolute atomic E-state index is 13.1. The molecule has 2 amide bonds. The van der Waals surface area contributed by atoms with Crippen molar-refractivity contribution in [3.8, 4) is 5.75 Å². The molecule has 2 unspecified atom stereocenters. The Labute approximate surface area is 206 Å². The maximum atomic E-state index is 13.1. The summed E-state index contributed by atoms with van der Waals surface area (Å²) in [7, 11) is 0. The van der Waals surface area contributed by atoms with Crippen LogP contribution in [0.3, 0.4) is 0 Å². The number of carbonyl (C=O) groups excluding carboxylic acids is 3. The van der Waals surface area contributed by atoms with Gasteiger partial charge in [0, 0.05) is 17.5 Å². The molecule has 0 aromatic heterocycles. The molecule has 2 aromatic rings. The standard InChI is InChI=1S/C24H25ClN2O6S/c1-14(28)34-21(12-15-6-8-16(25)9-7-15)23(31)26-13-22(30)27-18(10-11-19(27)24(32)33)17-4-2-3-5-20(17)29/h2-9,18-19,21,29H,10-13H2,1H3,(H,26,31)(H,32,33)/t18?,19-,21?/m0/s1. The number of likely N-dealkylation sites (tertiary alicyclic amines) is 1. The van der Waals surface area contributed by atoms with Gasteiger partial charge in [0.1, 0.15) is 11.8 Å². The summed E-state index contributed by atoms with van der Waals surface area (Å²) in [6.45, 7) is 0.929. The number of nitrogens with one attached hydrogen (secondary N) is 1. The molecule has 180 valence electrons. The highest BCUT2D eigenvalue weighted by atomic mass is 35.5. The average molecular weight is 505 g/mol. The zero-order valence-corrected chi connectivity index (χ0v) is 20.0. The number of benzene rings is 2. The van der Waals surface area contributed by atoms with Gasteiger partial charge in [-0.25, -0.2) is 4.79 Å². The second-order valence-electron chi connectivity index (χ2n) is 7.95. The molecule has 0 bridgehead atoms. The molecule has 1 heterocycles.